The molecule has 1 aromatic heterocycles. The zero-order valence-electron chi connectivity index (χ0n) is 11.7. The lowest BCUT2D eigenvalue weighted by Crippen LogP contribution is -2.13. The van der Waals surface area contributed by atoms with Crippen LogP contribution >= 0.6 is 0 Å². The standard InChI is InChI=1S/C15H12F2N4O/c1-2-21-14-6-3-9(7-13(14)19-20-21)15(22)18-12-5-4-10(16)8-11(12)17/h3-8H,2H2,1H3,(H,18,22). The molecule has 1 amide bonds. The van der Waals surface area contributed by atoms with Gasteiger partial charge >= 0.3 is 0 Å². The number of fused-ring (bicyclic) bond motifs is 1. The van der Waals surface area contributed by atoms with E-state index in [9.17, 15) is 13.6 Å². The Balaban J connectivity index is 1.88. The topological polar surface area (TPSA) is 59.8 Å². The van der Waals surface area contributed by atoms with Crippen LogP contribution in [-0.4, -0.2) is 20.9 Å². The first-order chi connectivity index (χ1) is 10.6. The number of aromatic nitrogens is 3. The van der Waals surface area contributed by atoms with Crippen molar-refractivity contribution in [1.29, 1.82) is 0 Å². The Bertz CT molecular complexity index is 860. The average molecular weight is 302 g/mol. The van der Waals surface area contributed by atoms with E-state index in [4.69, 9.17) is 0 Å². The SMILES string of the molecule is CCn1nnc2cc(C(=O)Nc3ccc(F)cc3F)ccc21. The number of amides is 1. The highest BCUT2D eigenvalue weighted by atomic mass is 19.1. The van der Waals surface area contributed by atoms with Gasteiger partial charge in [0.1, 0.15) is 17.2 Å². The van der Waals surface area contributed by atoms with E-state index in [2.05, 4.69) is 15.6 Å². The van der Waals surface area contributed by atoms with Crippen molar-refractivity contribution in [2.45, 2.75) is 13.5 Å². The Kier molecular flexibility index (Phi) is 3.54. The molecule has 0 aliphatic rings. The third-order valence-corrected chi connectivity index (χ3v) is 3.25. The maximum atomic E-state index is 13.5. The van der Waals surface area contributed by atoms with Gasteiger partial charge < -0.3 is 5.32 Å². The second-order valence-corrected chi connectivity index (χ2v) is 4.69. The van der Waals surface area contributed by atoms with Crippen LogP contribution in [0.25, 0.3) is 11.0 Å². The lowest BCUT2D eigenvalue weighted by Gasteiger charge is -2.06. The minimum absolute atomic E-state index is 0.0799. The zero-order chi connectivity index (χ0) is 15.7. The second-order valence-electron chi connectivity index (χ2n) is 4.69. The Labute approximate surface area is 124 Å². The van der Waals surface area contributed by atoms with E-state index in [1.54, 1.807) is 22.9 Å². The Hall–Kier alpha value is -2.83. The number of rotatable bonds is 3. The number of carbonyl (C=O) groups is 1. The van der Waals surface area contributed by atoms with Crippen molar-refractivity contribution < 1.29 is 13.6 Å². The lowest BCUT2D eigenvalue weighted by atomic mass is 10.1. The number of nitrogens with one attached hydrogen (secondary N) is 1. The molecule has 0 saturated heterocycles. The predicted octanol–water partition coefficient (Wildman–Crippen LogP) is 2.98. The Morgan fingerprint density at radius 1 is 1.23 bits per heavy atom. The highest BCUT2D eigenvalue weighted by molar-refractivity contribution is 6.05. The van der Waals surface area contributed by atoms with Gasteiger partial charge in [-0.05, 0) is 37.3 Å². The van der Waals surface area contributed by atoms with Crippen molar-refractivity contribution in [3.63, 3.8) is 0 Å². The fourth-order valence-electron chi connectivity index (χ4n) is 2.13. The molecule has 0 aliphatic carbocycles. The van der Waals surface area contributed by atoms with Crippen LogP contribution in [0.3, 0.4) is 0 Å². The van der Waals surface area contributed by atoms with Crippen LogP contribution in [0.1, 0.15) is 17.3 Å². The molecular formula is C15H12F2N4O. The van der Waals surface area contributed by atoms with Crippen LogP contribution in [0.5, 0.6) is 0 Å². The monoisotopic (exact) mass is 302 g/mol. The number of hydrogen-bond acceptors (Lipinski definition) is 3. The van der Waals surface area contributed by atoms with E-state index in [0.717, 1.165) is 11.6 Å². The van der Waals surface area contributed by atoms with Crippen molar-refractivity contribution in [1.82, 2.24) is 15.0 Å². The summed E-state index contributed by atoms with van der Waals surface area (Å²) in [5, 5.41) is 10.3. The third-order valence-electron chi connectivity index (χ3n) is 3.25. The molecule has 112 valence electrons. The number of halogens is 2. The molecule has 0 radical (unpaired) electrons. The van der Waals surface area contributed by atoms with Gasteiger partial charge in [0.25, 0.3) is 5.91 Å². The van der Waals surface area contributed by atoms with E-state index in [-0.39, 0.29) is 5.69 Å². The van der Waals surface area contributed by atoms with Crippen LogP contribution in [0, 0.1) is 11.6 Å². The molecular weight excluding hydrogens is 290 g/mol. The summed E-state index contributed by atoms with van der Waals surface area (Å²) in [7, 11) is 0. The van der Waals surface area contributed by atoms with Gasteiger partial charge in [0.2, 0.25) is 0 Å². The molecule has 0 atom stereocenters. The van der Waals surface area contributed by atoms with Gasteiger partial charge in [0.05, 0.1) is 11.2 Å². The molecule has 22 heavy (non-hydrogen) atoms. The second kappa shape index (κ2) is 5.51. The van der Waals surface area contributed by atoms with E-state index >= 15 is 0 Å². The van der Waals surface area contributed by atoms with Gasteiger partial charge in [-0.25, -0.2) is 13.5 Å². The largest absolute Gasteiger partial charge is 0.319 e. The molecule has 1 heterocycles. The summed E-state index contributed by atoms with van der Waals surface area (Å²) in [6, 6.07) is 7.88. The number of hydrogen-bond donors (Lipinski definition) is 1. The molecule has 5 nitrogen and oxygen atoms in total. The van der Waals surface area contributed by atoms with Crippen LogP contribution in [-0.2, 0) is 6.54 Å². The van der Waals surface area contributed by atoms with E-state index in [0.29, 0.717) is 23.7 Å². The normalized spacial score (nSPS) is 10.9. The number of aryl methyl sites for hydroxylation is 1. The highest BCUT2D eigenvalue weighted by Crippen LogP contribution is 2.18. The van der Waals surface area contributed by atoms with Gasteiger partial charge in [-0.15, -0.1) is 5.10 Å². The van der Waals surface area contributed by atoms with E-state index in [1.807, 2.05) is 6.92 Å². The fourth-order valence-corrected chi connectivity index (χ4v) is 2.13. The summed E-state index contributed by atoms with van der Waals surface area (Å²) in [4.78, 5) is 12.1. The summed E-state index contributed by atoms with van der Waals surface area (Å²) < 4.78 is 28.1. The van der Waals surface area contributed by atoms with Crippen molar-refractivity contribution in [3.8, 4) is 0 Å². The predicted molar refractivity (Wildman–Crippen MR) is 77.5 cm³/mol. The molecule has 2 aromatic carbocycles. The summed E-state index contributed by atoms with van der Waals surface area (Å²) in [5.41, 5.74) is 1.63. The molecule has 7 heteroatoms. The maximum absolute atomic E-state index is 13.5. The molecule has 0 bridgehead atoms. The molecule has 0 saturated carbocycles. The Morgan fingerprint density at radius 2 is 2.05 bits per heavy atom. The number of benzene rings is 2. The first-order valence-electron chi connectivity index (χ1n) is 6.68. The summed E-state index contributed by atoms with van der Waals surface area (Å²) in [5.74, 6) is -2.03. The van der Waals surface area contributed by atoms with Crippen molar-refractivity contribution in [2.75, 3.05) is 5.32 Å². The highest BCUT2D eigenvalue weighted by Gasteiger charge is 2.12. The first-order valence-corrected chi connectivity index (χ1v) is 6.68. The fraction of sp³-hybridized carbons (Fsp3) is 0.133. The molecule has 0 fully saturated rings. The van der Waals surface area contributed by atoms with Crippen molar-refractivity contribution >= 4 is 22.6 Å². The quantitative estimate of drug-likeness (QED) is 0.809. The van der Waals surface area contributed by atoms with E-state index < -0.39 is 17.5 Å². The molecule has 0 aliphatic heterocycles. The van der Waals surface area contributed by atoms with Crippen LogP contribution < -0.4 is 5.32 Å². The first kappa shape index (κ1) is 14.1. The van der Waals surface area contributed by atoms with Crippen LogP contribution in [0.15, 0.2) is 36.4 Å². The van der Waals surface area contributed by atoms with Crippen molar-refractivity contribution in [2.24, 2.45) is 0 Å². The number of carbonyl (C=O) groups excluding carboxylic acids is 1. The zero-order valence-corrected chi connectivity index (χ0v) is 11.7. The minimum Gasteiger partial charge on any atom is -0.319 e. The van der Waals surface area contributed by atoms with Gasteiger partial charge in [-0.1, -0.05) is 5.21 Å². The molecule has 1 N–H and O–H groups in total. The lowest BCUT2D eigenvalue weighted by molar-refractivity contribution is 0.102. The van der Waals surface area contributed by atoms with Gasteiger partial charge in [0.15, 0.2) is 0 Å². The maximum Gasteiger partial charge on any atom is 0.255 e. The summed E-state index contributed by atoms with van der Waals surface area (Å²) >= 11 is 0. The van der Waals surface area contributed by atoms with Gasteiger partial charge in [0, 0.05) is 18.2 Å². The van der Waals surface area contributed by atoms with Gasteiger partial charge in [-0.3, -0.25) is 4.79 Å². The third kappa shape index (κ3) is 2.52. The molecule has 3 aromatic rings. The van der Waals surface area contributed by atoms with E-state index in [1.165, 1.54) is 6.07 Å². The van der Waals surface area contributed by atoms with Crippen molar-refractivity contribution in [3.05, 3.63) is 53.6 Å². The summed E-state index contributed by atoms with van der Waals surface area (Å²) in [6.07, 6.45) is 0. The average Bonchev–Trinajstić information content (AvgIpc) is 2.92. The molecule has 0 unspecified atom stereocenters. The summed E-state index contributed by atoms with van der Waals surface area (Å²) in [6.45, 7) is 2.61. The minimum atomic E-state index is -0.827. The number of anilines is 1. The van der Waals surface area contributed by atoms with Crippen LogP contribution in [0.4, 0.5) is 14.5 Å². The molecule has 0 spiro atoms. The molecule has 3 rings (SSSR count). The smallest absolute Gasteiger partial charge is 0.255 e. The number of nitrogens with zero attached hydrogens (tertiary/aromatic N) is 3. The van der Waals surface area contributed by atoms with Crippen LogP contribution in [0.2, 0.25) is 0 Å². The Morgan fingerprint density at radius 3 is 2.77 bits per heavy atom. The van der Waals surface area contributed by atoms with Gasteiger partial charge in [-0.2, -0.15) is 0 Å².